The van der Waals surface area contributed by atoms with Gasteiger partial charge < -0.3 is 4.74 Å². The highest BCUT2D eigenvalue weighted by Gasteiger charge is 2.32. The van der Waals surface area contributed by atoms with Crippen molar-refractivity contribution in [2.24, 2.45) is 0 Å². The first-order valence-electron chi connectivity index (χ1n) is 8.87. The first-order valence-corrected chi connectivity index (χ1v) is 10.6. The topological polar surface area (TPSA) is 60.4 Å². The summed E-state index contributed by atoms with van der Waals surface area (Å²) < 4.78 is 29.3. The average Bonchev–Trinajstić information content (AvgIpc) is 2.45. The summed E-state index contributed by atoms with van der Waals surface area (Å²) in [4.78, 5) is 11.9. The van der Waals surface area contributed by atoms with Gasteiger partial charge in [-0.05, 0) is 19.8 Å². The van der Waals surface area contributed by atoms with Crippen LogP contribution in [0.25, 0.3) is 0 Å². The zero-order chi connectivity index (χ0) is 16.8. The van der Waals surface area contributed by atoms with Crippen molar-refractivity contribution in [3.63, 3.8) is 0 Å². The van der Waals surface area contributed by atoms with Gasteiger partial charge in [0.15, 0.2) is 15.1 Å². The van der Waals surface area contributed by atoms with Gasteiger partial charge >= 0.3 is 5.97 Å². The Morgan fingerprint density at radius 3 is 1.91 bits per heavy atom. The molecule has 0 aliphatic heterocycles. The summed E-state index contributed by atoms with van der Waals surface area (Å²) in [6.45, 7) is 5.95. The Balaban J connectivity index is 4.18. The predicted octanol–water partition coefficient (Wildman–Crippen LogP) is 4.27. The van der Waals surface area contributed by atoms with Crippen molar-refractivity contribution in [3.05, 3.63) is 0 Å². The summed E-state index contributed by atoms with van der Waals surface area (Å²) in [6, 6.07) is 0. The Morgan fingerprint density at radius 2 is 1.41 bits per heavy atom. The fraction of sp³-hybridized carbons (Fsp3) is 0.941. The van der Waals surface area contributed by atoms with E-state index in [1.807, 2.05) is 6.92 Å². The van der Waals surface area contributed by atoms with Crippen LogP contribution < -0.4 is 0 Å². The molecule has 0 saturated carbocycles. The summed E-state index contributed by atoms with van der Waals surface area (Å²) in [6.07, 6.45) is 10.1. The number of hydrogen-bond acceptors (Lipinski definition) is 4. The number of rotatable bonds is 14. The highest BCUT2D eigenvalue weighted by Crippen LogP contribution is 2.17. The number of carbonyl (C=O) groups is 1. The van der Waals surface area contributed by atoms with Crippen molar-refractivity contribution in [2.75, 3.05) is 12.4 Å². The molecule has 0 amide bonds. The molecule has 1 unspecified atom stereocenters. The minimum absolute atomic E-state index is 0.0630. The van der Waals surface area contributed by atoms with Crippen LogP contribution in [0.15, 0.2) is 0 Å². The van der Waals surface area contributed by atoms with Gasteiger partial charge in [-0.15, -0.1) is 0 Å². The van der Waals surface area contributed by atoms with Gasteiger partial charge in [0.2, 0.25) is 0 Å². The Labute approximate surface area is 136 Å². The van der Waals surface area contributed by atoms with E-state index in [1.54, 1.807) is 6.92 Å². The fourth-order valence-electron chi connectivity index (χ4n) is 2.57. The largest absolute Gasteiger partial charge is 0.465 e. The van der Waals surface area contributed by atoms with E-state index < -0.39 is 21.1 Å². The second kappa shape index (κ2) is 12.9. The highest BCUT2D eigenvalue weighted by atomic mass is 32.2. The van der Waals surface area contributed by atoms with E-state index in [-0.39, 0.29) is 12.4 Å². The molecule has 0 bridgehead atoms. The van der Waals surface area contributed by atoms with E-state index in [0.29, 0.717) is 12.8 Å². The molecule has 0 spiro atoms. The molecule has 0 aliphatic rings. The zero-order valence-corrected chi connectivity index (χ0v) is 15.4. The van der Waals surface area contributed by atoms with Crippen molar-refractivity contribution in [1.82, 2.24) is 0 Å². The SMILES string of the molecule is CCCCCCCCCCC(C(=O)OCC)S(=O)(=O)CCC. The smallest absolute Gasteiger partial charge is 0.324 e. The van der Waals surface area contributed by atoms with Gasteiger partial charge in [-0.25, -0.2) is 8.42 Å². The Hall–Kier alpha value is -0.580. The first kappa shape index (κ1) is 21.4. The van der Waals surface area contributed by atoms with E-state index in [2.05, 4.69) is 6.92 Å². The van der Waals surface area contributed by atoms with Crippen molar-refractivity contribution in [1.29, 1.82) is 0 Å². The van der Waals surface area contributed by atoms with Crippen LogP contribution in [0.1, 0.15) is 85.0 Å². The monoisotopic (exact) mass is 334 g/mol. The Morgan fingerprint density at radius 1 is 0.864 bits per heavy atom. The minimum atomic E-state index is -3.37. The fourth-order valence-corrected chi connectivity index (χ4v) is 4.31. The number of carbonyl (C=O) groups excluding carboxylic acids is 1. The van der Waals surface area contributed by atoms with Gasteiger partial charge in [-0.1, -0.05) is 65.2 Å². The maximum absolute atomic E-state index is 12.2. The molecule has 0 saturated heterocycles. The molecular formula is C17H34O4S. The van der Waals surface area contributed by atoms with Crippen LogP contribution in [0.2, 0.25) is 0 Å². The van der Waals surface area contributed by atoms with Crippen molar-refractivity contribution in [2.45, 2.75) is 90.2 Å². The number of ether oxygens (including phenoxy) is 1. The second-order valence-corrected chi connectivity index (χ2v) is 8.17. The lowest BCUT2D eigenvalue weighted by Crippen LogP contribution is -2.33. The lowest BCUT2D eigenvalue weighted by Gasteiger charge is -2.15. The van der Waals surface area contributed by atoms with E-state index in [1.165, 1.54) is 32.1 Å². The number of unbranched alkanes of at least 4 members (excludes halogenated alkanes) is 7. The van der Waals surface area contributed by atoms with Gasteiger partial charge in [0.05, 0.1) is 12.4 Å². The number of esters is 1. The summed E-state index contributed by atoms with van der Waals surface area (Å²) in [5.41, 5.74) is 0. The Kier molecular flexibility index (Phi) is 12.6. The predicted molar refractivity (Wildman–Crippen MR) is 91.7 cm³/mol. The van der Waals surface area contributed by atoms with E-state index in [9.17, 15) is 13.2 Å². The van der Waals surface area contributed by atoms with E-state index >= 15 is 0 Å². The summed E-state index contributed by atoms with van der Waals surface area (Å²) in [5.74, 6) is -0.507. The number of hydrogen-bond donors (Lipinski definition) is 0. The van der Waals surface area contributed by atoms with Crippen LogP contribution in [0.3, 0.4) is 0 Å². The first-order chi connectivity index (χ1) is 10.5. The zero-order valence-electron chi connectivity index (χ0n) is 14.6. The molecule has 0 rings (SSSR count). The third-order valence-corrected chi connectivity index (χ3v) is 6.06. The highest BCUT2D eigenvalue weighted by molar-refractivity contribution is 7.92. The van der Waals surface area contributed by atoms with Gasteiger partial charge in [-0.3, -0.25) is 4.79 Å². The van der Waals surface area contributed by atoms with Crippen LogP contribution in [0.4, 0.5) is 0 Å². The minimum Gasteiger partial charge on any atom is -0.465 e. The van der Waals surface area contributed by atoms with Crippen molar-refractivity contribution in [3.8, 4) is 0 Å². The molecule has 1 atom stereocenters. The quantitative estimate of drug-likeness (QED) is 0.351. The van der Waals surface area contributed by atoms with Crippen LogP contribution >= 0.6 is 0 Å². The van der Waals surface area contributed by atoms with Crippen LogP contribution in [0.5, 0.6) is 0 Å². The van der Waals surface area contributed by atoms with Gasteiger partial charge in [0.25, 0.3) is 0 Å². The molecule has 0 aromatic rings. The van der Waals surface area contributed by atoms with Crippen LogP contribution in [-0.2, 0) is 19.4 Å². The average molecular weight is 335 g/mol. The molecule has 0 aromatic carbocycles. The number of sulfone groups is 1. The van der Waals surface area contributed by atoms with Crippen molar-refractivity contribution >= 4 is 15.8 Å². The third kappa shape index (κ3) is 9.44. The molecule has 0 N–H and O–H groups in total. The normalized spacial score (nSPS) is 13.0. The summed E-state index contributed by atoms with van der Waals surface area (Å²) in [5, 5.41) is -0.965. The molecule has 0 radical (unpaired) electrons. The van der Waals surface area contributed by atoms with Crippen molar-refractivity contribution < 1.29 is 17.9 Å². The molecule has 132 valence electrons. The van der Waals surface area contributed by atoms with E-state index in [4.69, 9.17) is 4.74 Å². The molecule has 5 heteroatoms. The van der Waals surface area contributed by atoms with Gasteiger partial charge in [0.1, 0.15) is 0 Å². The summed E-state index contributed by atoms with van der Waals surface area (Å²) >= 11 is 0. The third-order valence-electron chi connectivity index (χ3n) is 3.79. The molecule has 0 heterocycles. The van der Waals surface area contributed by atoms with Crippen LogP contribution in [-0.4, -0.2) is 32.0 Å². The maximum Gasteiger partial charge on any atom is 0.324 e. The standard InChI is InChI=1S/C17H34O4S/c1-4-7-8-9-10-11-12-13-14-16(17(18)21-6-3)22(19,20)15-5-2/h16H,4-15H2,1-3H3. The molecule has 0 aromatic heterocycles. The maximum atomic E-state index is 12.2. The Bertz CT molecular complexity index is 376. The van der Waals surface area contributed by atoms with E-state index in [0.717, 1.165) is 19.3 Å². The molecule has 0 fully saturated rings. The second-order valence-electron chi connectivity index (χ2n) is 5.87. The van der Waals surface area contributed by atoms with Gasteiger partial charge in [-0.2, -0.15) is 0 Å². The lowest BCUT2D eigenvalue weighted by molar-refractivity contribution is -0.142. The van der Waals surface area contributed by atoms with Gasteiger partial charge in [0, 0.05) is 0 Å². The molecule has 0 aliphatic carbocycles. The molecule has 22 heavy (non-hydrogen) atoms. The molecular weight excluding hydrogens is 300 g/mol. The lowest BCUT2D eigenvalue weighted by atomic mass is 10.1. The van der Waals surface area contributed by atoms with Crippen LogP contribution in [0, 0.1) is 0 Å². The molecule has 4 nitrogen and oxygen atoms in total. The summed E-state index contributed by atoms with van der Waals surface area (Å²) in [7, 11) is -3.37.